The highest BCUT2D eigenvalue weighted by molar-refractivity contribution is 5.67. The Labute approximate surface area is 78.9 Å². The second-order valence-corrected chi connectivity index (χ2v) is 3.80. The van der Waals surface area contributed by atoms with Crippen molar-refractivity contribution in [2.24, 2.45) is 0 Å². The van der Waals surface area contributed by atoms with E-state index in [9.17, 15) is 4.79 Å². The molecule has 1 heterocycles. The number of carboxylic acids is 1. The Balaban J connectivity index is 2.36. The molecule has 1 fully saturated rings. The molecular weight excluding hydrogens is 168 g/mol. The lowest BCUT2D eigenvalue weighted by Gasteiger charge is -2.35. The molecule has 1 aliphatic heterocycles. The van der Waals surface area contributed by atoms with Crippen molar-refractivity contribution >= 4 is 5.97 Å². The van der Waals surface area contributed by atoms with Crippen LogP contribution in [0.25, 0.3) is 0 Å². The predicted molar refractivity (Wildman–Crippen MR) is 50.8 cm³/mol. The Morgan fingerprint density at radius 1 is 1.77 bits per heavy atom. The molecule has 0 aromatic carbocycles. The molecule has 2 atom stereocenters. The number of piperazine rings is 1. The summed E-state index contributed by atoms with van der Waals surface area (Å²) in [6.07, 6.45) is 0.243. The smallest absolute Gasteiger partial charge is 0.304 e. The van der Waals surface area contributed by atoms with Crippen LogP contribution in [0.5, 0.6) is 0 Å². The van der Waals surface area contributed by atoms with Crippen LogP contribution in [-0.4, -0.2) is 47.7 Å². The lowest BCUT2D eigenvalue weighted by molar-refractivity contribution is -0.138. The Bertz CT molecular complexity index is 184. The van der Waals surface area contributed by atoms with E-state index in [0.717, 1.165) is 19.6 Å². The van der Waals surface area contributed by atoms with Gasteiger partial charge in [0.2, 0.25) is 0 Å². The molecule has 4 nitrogen and oxygen atoms in total. The number of hydrogen-bond acceptors (Lipinski definition) is 3. The molecule has 1 aliphatic rings. The lowest BCUT2D eigenvalue weighted by atomic mass is 10.1. The Hall–Kier alpha value is -0.610. The van der Waals surface area contributed by atoms with E-state index in [2.05, 4.69) is 17.1 Å². The highest BCUT2D eigenvalue weighted by Gasteiger charge is 2.21. The van der Waals surface area contributed by atoms with Gasteiger partial charge in [0.15, 0.2) is 0 Å². The first-order valence-electron chi connectivity index (χ1n) is 4.79. The van der Waals surface area contributed by atoms with Gasteiger partial charge in [-0.3, -0.25) is 9.69 Å². The van der Waals surface area contributed by atoms with E-state index in [4.69, 9.17) is 5.11 Å². The number of nitrogens with one attached hydrogen (secondary N) is 1. The number of carbonyl (C=O) groups is 1. The maximum atomic E-state index is 10.5. The topological polar surface area (TPSA) is 52.6 Å². The Morgan fingerprint density at radius 2 is 2.46 bits per heavy atom. The molecule has 4 heteroatoms. The molecule has 0 bridgehead atoms. The third kappa shape index (κ3) is 3.32. The van der Waals surface area contributed by atoms with E-state index in [0.29, 0.717) is 6.04 Å². The van der Waals surface area contributed by atoms with E-state index in [1.54, 1.807) is 0 Å². The van der Waals surface area contributed by atoms with Gasteiger partial charge in [-0.1, -0.05) is 0 Å². The summed E-state index contributed by atoms with van der Waals surface area (Å²) in [5.41, 5.74) is 0. The van der Waals surface area contributed by atoms with Gasteiger partial charge in [-0.2, -0.15) is 0 Å². The molecule has 0 radical (unpaired) electrons. The van der Waals surface area contributed by atoms with Crippen molar-refractivity contribution < 1.29 is 9.90 Å². The molecule has 76 valence electrons. The van der Waals surface area contributed by atoms with Crippen LogP contribution in [0.2, 0.25) is 0 Å². The molecule has 1 rings (SSSR count). The van der Waals surface area contributed by atoms with Crippen molar-refractivity contribution in [3.63, 3.8) is 0 Å². The van der Waals surface area contributed by atoms with Gasteiger partial charge in [0.05, 0.1) is 6.42 Å². The number of rotatable bonds is 3. The Kier molecular flexibility index (Phi) is 3.69. The first kappa shape index (κ1) is 10.5. The molecule has 1 saturated heterocycles. The van der Waals surface area contributed by atoms with Gasteiger partial charge in [-0.05, 0) is 13.8 Å². The van der Waals surface area contributed by atoms with E-state index >= 15 is 0 Å². The standard InChI is InChI=1S/C9H18N2O2/c1-7-6-11(4-3-10-7)8(2)5-9(12)13/h7-8,10H,3-6H2,1-2H3,(H,12,13). The predicted octanol–water partition coefficient (Wildman–Crippen LogP) is 0.143. The summed E-state index contributed by atoms with van der Waals surface area (Å²) in [5.74, 6) is -0.710. The highest BCUT2D eigenvalue weighted by Crippen LogP contribution is 2.07. The van der Waals surface area contributed by atoms with Crippen LogP contribution in [-0.2, 0) is 4.79 Å². The summed E-state index contributed by atoms with van der Waals surface area (Å²) in [5, 5.41) is 12.0. The summed E-state index contributed by atoms with van der Waals surface area (Å²) in [7, 11) is 0. The number of carboxylic acid groups (broad SMARTS) is 1. The van der Waals surface area contributed by atoms with Gasteiger partial charge in [-0.15, -0.1) is 0 Å². The van der Waals surface area contributed by atoms with Crippen LogP contribution >= 0.6 is 0 Å². The molecular formula is C9H18N2O2. The molecule has 0 aromatic rings. The molecule has 0 spiro atoms. The summed E-state index contributed by atoms with van der Waals surface area (Å²) < 4.78 is 0. The van der Waals surface area contributed by atoms with E-state index < -0.39 is 5.97 Å². The van der Waals surface area contributed by atoms with Crippen molar-refractivity contribution in [1.29, 1.82) is 0 Å². The van der Waals surface area contributed by atoms with E-state index in [1.807, 2.05) is 6.92 Å². The molecule has 0 aromatic heterocycles. The molecule has 0 saturated carbocycles. The summed E-state index contributed by atoms with van der Waals surface area (Å²) in [6, 6.07) is 0.632. The zero-order valence-corrected chi connectivity index (χ0v) is 8.29. The van der Waals surface area contributed by atoms with E-state index in [-0.39, 0.29) is 12.5 Å². The molecule has 2 N–H and O–H groups in total. The van der Waals surface area contributed by atoms with Crippen LogP contribution in [0.3, 0.4) is 0 Å². The fourth-order valence-corrected chi connectivity index (χ4v) is 1.74. The second kappa shape index (κ2) is 4.58. The van der Waals surface area contributed by atoms with Crippen LogP contribution < -0.4 is 5.32 Å². The number of hydrogen-bond donors (Lipinski definition) is 2. The highest BCUT2D eigenvalue weighted by atomic mass is 16.4. The molecule has 0 aliphatic carbocycles. The van der Waals surface area contributed by atoms with Crippen molar-refractivity contribution in [3.8, 4) is 0 Å². The second-order valence-electron chi connectivity index (χ2n) is 3.80. The van der Waals surface area contributed by atoms with Gasteiger partial charge >= 0.3 is 5.97 Å². The number of nitrogens with zero attached hydrogens (tertiary/aromatic N) is 1. The quantitative estimate of drug-likeness (QED) is 0.658. The van der Waals surface area contributed by atoms with Gasteiger partial charge in [0.25, 0.3) is 0 Å². The van der Waals surface area contributed by atoms with Crippen molar-refractivity contribution in [3.05, 3.63) is 0 Å². The monoisotopic (exact) mass is 186 g/mol. The third-order valence-corrected chi connectivity index (χ3v) is 2.49. The zero-order chi connectivity index (χ0) is 9.84. The van der Waals surface area contributed by atoms with Crippen LogP contribution in [0.15, 0.2) is 0 Å². The zero-order valence-electron chi connectivity index (χ0n) is 8.29. The average Bonchev–Trinajstić information content (AvgIpc) is 2.03. The van der Waals surface area contributed by atoms with Crippen LogP contribution in [0.1, 0.15) is 20.3 Å². The maximum Gasteiger partial charge on any atom is 0.304 e. The van der Waals surface area contributed by atoms with Crippen molar-refractivity contribution in [2.45, 2.75) is 32.4 Å². The minimum atomic E-state index is -0.710. The fourth-order valence-electron chi connectivity index (χ4n) is 1.74. The lowest BCUT2D eigenvalue weighted by Crippen LogP contribution is -2.52. The molecule has 13 heavy (non-hydrogen) atoms. The summed E-state index contributed by atoms with van der Waals surface area (Å²) in [6.45, 7) is 6.98. The number of aliphatic carboxylic acids is 1. The van der Waals surface area contributed by atoms with Gasteiger partial charge in [0.1, 0.15) is 0 Å². The van der Waals surface area contributed by atoms with Crippen molar-refractivity contribution in [2.75, 3.05) is 19.6 Å². The molecule has 0 amide bonds. The van der Waals surface area contributed by atoms with Crippen LogP contribution in [0.4, 0.5) is 0 Å². The third-order valence-electron chi connectivity index (χ3n) is 2.49. The minimum Gasteiger partial charge on any atom is -0.481 e. The maximum absolute atomic E-state index is 10.5. The largest absolute Gasteiger partial charge is 0.481 e. The SMILES string of the molecule is CC1CN(C(C)CC(=O)O)CCN1. The van der Waals surface area contributed by atoms with Gasteiger partial charge < -0.3 is 10.4 Å². The van der Waals surface area contributed by atoms with Crippen molar-refractivity contribution in [1.82, 2.24) is 10.2 Å². The van der Waals surface area contributed by atoms with E-state index in [1.165, 1.54) is 0 Å². The fraction of sp³-hybridized carbons (Fsp3) is 0.889. The van der Waals surface area contributed by atoms with Gasteiger partial charge in [-0.25, -0.2) is 0 Å². The first-order valence-corrected chi connectivity index (χ1v) is 4.79. The summed E-state index contributed by atoms with van der Waals surface area (Å²) in [4.78, 5) is 12.7. The van der Waals surface area contributed by atoms with Crippen LogP contribution in [0, 0.1) is 0 Å². The first-order chi connectivity index (χ1) is 6.09. The van der Waals surface area contributed by atoms with Gasteiger partial charge in [0, 0.05) is 31.7 Å². The molecule has 2 unspecified atom stereocenters. The Morgan fingerprint density at radius 3 is 3.00 bits per heavy atom. The minimum absolute atomic E-state index is 0.155. The summed E-state index contributed by atoms with van der Waals surface area (Å²) >= 11 is 0. The normalized spacial score (nSPS) is 27.1. The average molecular weight is 186 g/mol.